The van der Waals surface area contributed by atoms with Crippen molar-refractivity contribution in [2.45, 2.75) is 37.1 Å². The summed E-state index contributed by atoms with van der Waals surface area (Å²) in [5.41, 5.74) is 0.166. The number of carbonyl (C=O) groups is 2. The Balaban J connectivity index is 2.92. The lowest BCUT2D eigenvalue weighted by molar-refractivity contribution is -0.139. The van der Waals surface area contributed by atoms with Gasteiger partial charge in [-0.25, -0.2) is 8.42 Å². The number of ether oxygens (including phenoxy) is 1. The van der Waals surface area contributed by atoms with Crippen LogP contribution in [0.2, 0.25) is 0 Å². The average Bonchev–Trinajstić information content (AvgIpc) is 2.58. The van der Waals surface area contributed by atoms with Gasteiger partial charge in [0, 0.05) is 19.2 Å². The Labute approximate surface area is 147 Å². The zero-order valence-electron chi connectivity index (χ0n) is 14.3. The van der Waals surface area contributed by atoms with Crippen LogP contribution >= 0.6 is 0 Å². The highest BCUT2D eigenvalue weighted by Gasteiger charge is 2.25. The summed E-state index contributed by atoms with van der Waals surface area (Å²) < 4.78 is 31.8. The van der Waals surface area contributed by atoms with Crippen molar-refractivity contribution in [3.63, 3.8) is 0 Å². The molecule has 0 radical (unpaired) electrons. The number of carboxylic acid groups (broad SMARTS) is 1. The van der Waals surface area contributed by atoms with Gasteiger partial charge in [-0.15, -0.1) is 0 Å². The van der Waals surface area contributed by atoms with E-state index in [9.17, 15) is 23.1 Å². The molecule has 8 nitrogen and oxygen atoms in total. The van der Waals surface area contributed by atoms with Crippen molar-refractivity contribution < 1.29 is 27.9 Å². The number of carboxylic acids is 1. The molecule has 1 unspecified atom stereocenters. The summed E-state index contributed by atoms with van der Waals surface area (Å²) in [5.74, 6) is -1.67. The number of unbranched alkanes of at least 4 members (excludes halogenated alkanes) is 1. The molecule has 140 valence electrons. The van der Waals surface area contributed by atoms with E-state index in [1.54, 1.807) is 0 Å². The molecule has 3 N–H and O–H groups in total. The summed E-state index contributed by atoms with van der Waals surface area (Å²) in [6, 6.07) is 4.23. The second-order valence-corrected chi connectivity index (χ2v) is 7.14. The molecule has 1 aromatic rings. The Bertz CT molecular complexity index is 690. The second kappa shape index (κ2) is 10.1. The van der Waals surface area contributed by atoms with Crippen LogP contribution in [-0.4, -0.2) is 51.7 Å². The van der Waals surface area contributed by atoms with E-state index < -0.39 is 27.9 Å². The first-order valence-corrected chi connectivity index (χ1v) is 9.42. The molecule has 0 saturated heterocycles. The van der Waals surface area contributed by atoms with E-state index in [-0.39, 0.29) is 16.9 Å². The molecule has 0 aliphatic heterocycles. The predicted octanol–water partition coefficient (Wildman–Crippen LogP) is 0.984. The van der Waals surface area contributed by atoms with Crippen molar-refractivity contribution in [3.05, 3.63) is 29.8 Å². The fourth-order valence-corrected chi connectivity index (χ4v) is 3.34. The van der Waals surface area contributed by atoms with Crippen molar-refractivity contribution in [1.82, 2.24) is 10.0 Å². The van der Waals surface area contributed by atoms with E-state index in [1.807, 2.05) is 6.92 Å². The first kappa shape index (κ1) is 21.1. The molecule has 1 amide bonds. The Morgan fingerprint density at radius 3 is 2.64 bits per heavy atom. The largest absolute Gasteiger partial charge is 0.480 e. The zero-order chi connectivity index (χ0) is 18.9. The van der Waals surface area contributed by atoms with Gasteiger partial charge < -0.3 is 15.2 Å². The smallest absolute Gasteiger partial charge is 0.321 e. The number of hydrogen-bond acceptors (Lipinski definition) is 5. The van der Waals surface area contributed by atoms with Crippen LogP contribution in [0, 0.1) is 0 Å². The lowest BCUT2D eigenvalue weighted by atomic mass is 10.1. The van der Waals surface area contributed by atoms with Crippen LogP contribution in [0.15, 0.2) is 29.2 Å². The first-order chi connectivity index (χ1) is 11.8. The molecule has 0 fully saturated rings. The minimum Gasteiger partial charge on any atom is -0.480 e. The Hall–Kier alpha value is -1.97. The number of rotatable bonds is 11. The highest BCUT2D eigenvalue weighted by Crippen LogP contribution is 2.13. The van der Waals surface area contributed by atoms with E-state index >= 15 is 0 Å². The summed E-state index contributed by atoms with van der Waals surface area (Å²) in [7, 11) is -2.55. The fraction of sp³-hybridized carbons (Fsp3) is 0.500. The highest BCUT2D eigenvalue weighted by molar-refractivity contribution is 7.89. The molecule has 1 atom stereocenters. The lowest BCUT2D eigenvalue weighted by Gasteiger charge is -2.15. The van der Waals surface area contributed by atoms with Crippen LogP contribution in [0.3, 0.4) is 0 Å². The van der Waals surface area contributed by atoms with Gasteiger partial charge in [0.1, 0.15) is 6.04 Å². The quantitative estimate of drug-likeness (QED) is 0.498. The summed E-state index contributed by atoms with van der Waals surface area (Å²) in [4.78, 5) is 23.1. The molecule has 9 heteroatoms. The van der Waals surface area contributed by atoms with Crippen molar-refractivity contribution in [1.29, 1.82) is 0 Å². The highest BCUT2D eigenvalue weighted by atomic mass is 32.2. The van der Waals surface area contributed by atoms with Gasteiger partial charge in [0.25, 0.3) is 5.91 Å². The SMILES string of the molecule is CCCCC(NS(=O)(=O)c1cccc(C(=O)NCCOC)c1)C(=O)O. The molecule has 1 rings (SSSR count). The van der Waals surface area contributed by atoms with Crippen LogP contribution < -0.4 is 10.0 Å². The number of sulfonamides is 1. The molecule has 0 aromatic heterocycles. The van der Waals surface area contributed by atoms with Gasteiger partial charge in [0.2, 0.25) is 10.0 Å². The van der Waals surface area contributed by atoms with E-state index in [0.29, 0.717) is 19.6 Å². The Morgan fingerprint density at radius 1 is 1.32 bits per heavy atom. The second-order valence-electron chi connectivity index (χ2n) is 5.43. The van der Waals surface area contributed by atoms with Gasteiger partial charge in [-0.2, -0.15) is 4.72 Å². The average molecular weight is 372 g/mol. The summed E-state index contributed by atoms with van der Waals surface area (Å²) in [6.45, 7) is 2.52. The van der Waals surface area contributed by atoms with Gasteiger partial charge in [-0.1, -0.05) is 25.8 Å². The van der Waals surface area contributed by atoms with Gasteiger partial charge >= 0.3 is 5.97 Å². The third kappa shape index (κ3) is 6.81. The van der Waals surface area contributed by atoms with Crippen molar-refractivity contribution in [3.8, 4) is 0 Å². The molecule has 0 heterocycles. The number of hydrogen-bond donors (Lipinski definition) is 3. The Kier molecular flexibility index (Phi) is 8.53. The fourth-order valence-electron chi connectivity index (χ4n) is 2.07. The summed E-state index contributed by atoms with van der Waals surface area (Å²) >= 11 is 0. The Morgan fingerprint density at radius 2 is 2.04 bits per heavy atom. The third-order valence-electron chi connectivity index (χ3n) is 3.44. The zero-order valence-corrected chi connectivity index (χ0v) is 15.1. The monoisotopic (exact) mass is 372 g/mol. The van der Waals surface area contributed by atoms with Crippen LogP contribution in [-0.2, 0) is 19.6 Å². The number of methoxy groups -OCH3 is 1. The summed E-state index contributed by atoms with van der Waals surface area (Å²) in [6.07, 6.45) is 1.53. The van der Waals surface area contributed by atoms with Crippen LogP contribution in [0.5, 0.6) is 0 Å². The van der Waals surface area contributed by atoms with Gasteiger partial charge in [0.05, 0.1) is 11.5 Å². The maximum atomic E-state index is 12.4. The number of amides is 1. The number of carbonyl (C=O) groups excluding carboxylic acids is 1. The van der Waals surface area contributed by atoms with E-state index in [4.69, 9.17) is 4.74 Å². The minimum absolute atomic E-state index is 0.158. The minimum atomic E-state index is -4.05. The maximum Gasteiger partial charge on any atom is 0.321 e. The standard InChI is InChI=1S/C16H24N2O6S/c1-3-4-8-14(16(20)21)18-25(22,23)13-7-5-6-12(11-13)15(19)17-9-10-24-2/h5-7,11,14,18H,3-4,8-10H2,1-2H3,(H,17,19)(H,20,21). The predicted molar refractivity (Wildman–Crippen MR) is 91.9 cm³/mol. The van der Waals surface area contributed by atoms with Crippen LogP contribution in [0.4, 0.5) is 0 Å². The molecule has 1 aromatic carbocycles. The molecule has 0 saturated carbocycles. The lowest BCUT2D eigenvalue weighted by Crippen LogP contribution is -2.40. The van der Waals surface area contributed by atoms with Gasteiger partial charge in [-0.3, -0.25) is 9.59 Å². The number of nitrogens with one attached hydrogen (secondary N) is 2. The molecule has 0 aliphatic carbocycles. The van der Waals surface area contributed by atoms with E-state index in [0.717, 1.165) is 6.42 Å². The molecule has 0 aliphatic rings. The maximum absolute atomic E-state index is 12.4. The van der Waals surface area contributed by atoms with Crippen LogP contribution in [0.25, 0.3) is 0 Å². The first-order valence-electron chi connectivity index (χ1n) is 7.94. The normalized spacial score (nSPS) is 12.6. The van der Waals surface area contributed by atoms with Gasteiger partial charge in [-0.05, 0) is 24.6 Å². The molecular formula is C16H24N2O6S. The summed E-state index contributed by atoms with van der Waals surface area (Å²) in [5, 5.41) is 11.8. The van der Waals surface area contributed by atoms with Crippen molar-refractivity contribution in [2.75, 3.05) is 20.3 Å². The van der Waals surface area contributed by atoms with Crippen LogP contribution in [0.1, 0.15) is 36.5 Å². The van der Waals surface area contributed by atoms with Crippen molar-refractivity contribution in [2.24, 2.45) is 0 Å². The number of aliphatic carboxylic acids is 1. The van der Waals surface area contributed by atoms with Gasteiger partial charge in [0.15, 0.2) is 0 Å². The number of benzene rings is 1. The van der Waals surface area contributed by atoms with Crippen molar-refractivity contribution >= 4 is 21.9 Å². The topological polar surface area (TPSA) is 122 Å². The molecular weight excluding hydrogens is 348 g/mol. The molecule has 0 spiro atoms. The third-order valence-corrected chi connectivity index (χ3v) is 4.91. The molecule has 0 bridgehead atoms. The van der Waals surface area contributed by atoms with E-state index in [1.165, 1.54) is 31.4 Å². The molecule has 25 heavy (non-hydrogen) atoms. The van der Waals surface area contributed by atoms with E-state index in [2.05, 4.69) is 10.0 Å².